The van der Waals surface area contributed by atoms with Crippen LogP contribution in [-0.4, -0.2) is 52.3 Å². The lowest BCUT2D eigenvalue weighted by molar-refractivity contribution is -0.161. The molecule has 296 valence electrons. The fraction of sp³-hybridized carbons (Fsp3) is 0.756. The maximum absolute atomic E-state index is 12.4. The molecule has 0 fully saturated rings. The molecule has 0 aromatic heterocycles. The molecule has 10 heteroatoms. The van der Waals surface area contributed by atoms with Crippen LogP contribution >= 0.6 is 7.82 Å². The number of hydrogen-bond acceptors (Lipinski definition) is 7. The Bertz CT molecular complexity index is 986. The van der Waals surface area contributed by atoms with Crippen molar-refractivity contribution in [2.45, 2.75) is 187 Å². The Morgan fingerprint density at radius 2 is 1.12 bits per heavy atom. The predicted octanol–water partition coefficient (Wildman–Crippen LogP) is 10.9. The molecule has 1 unspecified atom stereocenters. The molecule has 0 aliphatic rings. The van der Waals surface area contributed by atoms with Crippen molar-refractivity contribution in [2.75, 3.05) is 13.2 Å². The van der Waals surface area contributed by atoms with E-state index in [0.29, 0.717) is 19.3 Å². The first-order valence-electron chi connectivity index (χ1n) is 20.0. The topological polar surface area (TPSA) is 140 Å². The highest BCUT2D eigenvalue weighted by molar-refractivity contribution is 7.46. The normalized spacial score (nSPS) is 13.6. The van der Waals surface area contributed by atoms with Gasteiger partial charge in [0.05, 0.1) is 12.7 Å². The lowest BCUT2D eigenvalue weighted by Crippen LogP contribution is -2.29. The zero-order valence-corrected chi connectivity index (χ0v) is 33.0. The van der Waals surface area contributed by atoms with E-state index in [1.54, 1.807) is 12.2 Å². The molecular weight excluding hydrogens is 667 g/mol. The van der Waals surface area contributed by atoms with Crippen molar-refractivity contribution in [3.63, 3.8) is 0 Å². The van der Waals surface area contributed by atoms with Crippen LogP contribution in [0.4, 0.5) is 0 Å². The standard InChI is InChI=1S/C41H73O9P/c1-3-5-7-9-11-13-15-17-18-20-22-24-26-28-30-34-40(43)48-36-39(37-49-51(45,46)47)50-41(44)35-31-33-38(42)32-29-27-25-23-21-19-16-14-12-10-8-6-4-2/h13,15,19,21,25,27,29,32,38-39,42H,3-12,14,16-18,20,22-24,26,28,30-31,33-37H2,1-2H3,(H2,45,46,47)/b15-13-,21-19+,27-25+,32-29+/t38?,39-/m1/s1. The monoisotopic (exact) mass is 740 g/mol. The van der Waals surface area contributed by atoms with Gasteiger partial charge in [0.25, 0.3) is 0 Å². The van der Waals surface area contributed by atoms with Gasteiger partial charge in [-0.3, -0.25) is 14.1 Å². The van der Waals surface area contributed by atoms with E-state index in [1.165, 1.54) is 89.9 Å². The quantitative estimate of drug-likeness (QED) is 0.0188. The number of hydrogen-bond donors (Lipinski definition) is 3. The van der Waals surface area contributed by atoms with Crippen molar-refractivity contribution in [3.05, 3.63) is 48.6 Å². The molecule has 0 rings (SSSR count). The van der Waals surface area contributed by atoms with E-state index in [1.807, 2.05) is 12.2 Å². The molecule has 9 nitrogen and oxygen atoms in total. The number of phosphoric acid groups is 1. The Kier molecular flexibility index (Phi) is 34.9. The lowest BCUT2D eigenvalue weighted by atomic mass is 10.1. The number of aliphatic hydroxyl groups is 1. The van der Waals surface area contributed by atoms with Crippen LogP contribution in [-0.2, 0) is 28.2 Å². The smallest absolute Gasteiger partial charge is 0.462 e. The van der Waals surface area contributed by atoms with Gasteiger partial charge in [-0.15, -0.1) is 0 Å². The first-order valence-corrected chi connectivity index (χ1v) is 21.6. The van der Waals surface area contributed by atoms with E-state index in [-0.39, 0.29) is 19.4 Å². The maximum Gasteiger partial charge on any atom is 0.469 e. The van der Waals surface area contributed by atoms with Crippen LogP contribution in [0, 0.1) is 0 Å². The second kappa shape index (κ2) is 36.3. The first-order chi connectivity index (χ1) is 24.7. The summed E-state index contributed by atoms with van der Waals surface area (Å²) in [5.74, 6) is -1.09. The van der Waals surface area contributed by atoms with Crippen molar-refractivity contribution in [3.8, 4) is 0 Å². The third-order valence-corrected chi connectivity index (χ3v) is 8.91. The molecule has 0 amide bonds. The van der Waals surface area contributed by atoms with E-state index in [9.17, 15) is 19.3 Å². The summed E-state index contributed by atoms with van der Waals surface area (Å²) >= 11 is 0. The predicted molar refractivity (Wildman–Crippen MR) is 208 cm³/mol. The van der Waals surface area contributed by atoms with E-state index in [4.69, 9.17) is 19.3 Å². The first kappa shape index (κ1) is 49.0. The third-order valence-electron chi connectivity index (χ3n) is 8.42. The summed E-state index contributed by atoms with van der Waals surface area (Å²) < 4.78 is 26.2. The van der Waals surface area contributed by atoms with Gasteiger partial charge in [-0.1, -0.05) is 146 Å². The fourth-order valence-corrected chi connectivity index (χ4v) is 5.74. The van der Waals surface area contributed by atoms with Crippen LogP contribution in [0.3, 0.4) is 0 Å². The number of unbranched alkanes of at least 4 members (excludes halogenated alkanes) is 17. The van der Waals surface area contributed by atoms with E-state index in [2.05, 4.69) is 42.7 Å². The average Bonchev–Trinajstić information content (AvgIpc) is 3.09. The molecule has 0 aliphatic heterocycles. The highest BCUT2D eigenvalue weighted by atomic mass is 31.2. The summed E-state index contributed by atoms with van der Waals surface area (Å²) in [4.78, 5) is 42.8. The lowest BCUT2D eigenvalue weighted by Gasteiger charge is -2.18. The van der Waals surface area contributed by atoms with Crippen molar-refractivity contribution in [1.29, 1.82) is 0 Å². The van der Waals surface area contributed by atoms with Gasteiger partial charge >= 0.3 is 19.8 Å². The number of rotatable bonds is 36. The number of allylic oxidation sites excluding steroid dienone is 7. The van der Waals surface area contributed by atoms with Crippen LogP contribution in [0.1, 0.15) is 174 Å². The van der Waals surface area contributed by atoms with Gasteiger partial charge in [-0.05, 0) is 64.2 Å². The highest BCUT2D eigenvalue weighted by Crippen LogP contribution is 2.36. The van der Waals surface area contributed by atoms with Crippen molar-refractivity contribution in [2.24, 2.45) is 0 Å². The van der Waals surface area contributed by atoms with Gasteiger partial charge in [0.1, 0.15) is 6.61 Å². The zero-order chi connectivity index (χ0) is 37.7. The van der Waals surface area contributed by atoms with Crippen molar-refractivity contribution in [1.82, 2.24) is 0 Å². The van der Waals surface area contributed by atoms with Crippen LogP contribution in [0.25, 0.3) is 0 Å². The van der Waals surface area contributed by atoms with Crippen LogP contribution in [0.2, 0.25) is 0 Å². The number of phosphoric ester groups is 1. The summed E-state index contributed by atoms with van der Waals surface area (Å²) in [5, 5.41) is 10.2. The average molecular weight is 741 g/mol. The Morgan fingerprint density at radius 1 is 0.608 bits per heavy atom. The zero-order valence-electron chi connectivity index (χ0n) is 32.1. The molecule has 3 N–H and O–H groups in total. The van der Waals surface area contributed by atoms with Gasteiger partial charge in [0.2, 0.25) is 0 Å². The highest BCUT2D eigenvalue weighted by Gasteiger charge is 2.23. The van der Waals surface area contributed by atoms with Crippen molar-refractivity contribution >= 4 is 19.8 Å². The minimum absolute atomic E-state index is 0.0136. The molecule has 2 atom stereocenters. The molecule has 0 spiro atoms. The van der Waals surface area contributed by atoms with E-state index >= 15 is 0 Å². The number of aliphatic hydroxyl groups excluding tert-OH is 1. The van der Waals surface area contributed by atoms with Gasteiger partial charge in [-0.25, -0.2) is 4.57 Å². The van der Waals surface area contributed by atoms with Gasteiger partial charge < -0.3 is 24.4 Å². The van der Waals surface area contributed by atoms with E-state index < -0.39 is 38.6 Å². The minimum atomic E-state index is -4.81. The number of carbonyl (C=O) groups is 2. The van der Waals surface area contributed by atoms with Gasteiger partial charge in [0, 0.05) is 12.8 Å². The molecule has 0 saturated heterocycles. The summed E-state index contributed by atoms with van der Waals surface area (Å²) in [7, 11) is -4.81. The van der Waals surface area contributed by atoms with E-state index in [0.717, 1.165) is 38.5 Å². The summed E-state index contributed by atoms with van der Waals surface area (Å²) in [6, 6.07) is 0. The minimum Gasteiger partial charge on any atom is -0.462 e. The summed E-state index contributed by atoms with van der Waals surface area (Å²) in [6.45, 7) is 3.49. The Balaban J connectivity index is 4.15. The Morgan fingerprint density at radius 3 is 1.71 bits per heavy atom. The largest absolute Gasteiger partial charge is 0.469 e. The van der Waals surface area contributed by atoms with Crippen LogP contribution in [0.15, 0.2) is 48.6 Å². The third kappa shape index (κ3) is 39.0. The Labute approximate surface area is 310 Å². The van der Waals surface area contributed by atoms with Gasteiger partial charge in [0.15, 0.2) is 6.10 Å². The molecule has 0 radical (unpaired) electrons. The van der Waals surface area contributed by atoms with Crippen LogP contribution in [0.5, 0.6) is 0 Å². The molecule has 0 bridgehead atoms. The SMILES string of the molecule is CCCCCC/C=C\CCCCCCCCCC(=O)OC[C@H](COP(=O)(O)O)OC(=O)CCCC(O)/C=C/C=C/C/C=C/CCCCCCCC. The van der Waals surface area contributed by atoms with Crippen molar-refractivity contribution < 1.29 is 43.0 Å². The second-order valence-electron chi connectivity index (χ2n) is 13.5. The number of esters is 2. The molecule has 0 saturated carbocycles. The number of ether oxygens (including phenoxy) is 2. The second-order valence-corrected chi connectivity index (χ2v) is 14.7. The summed E-state index contributed by atoms with van der Waals surface area (Å²) in [6.07, 6.45) is 40.0. The molecular formula is C41H73O9P. The molecule has 0 aromatic carbocycles. The van der Waals surface area contributed by atoms with Gasteiger partial charge in [-0.2, -0.15) is 0 Å². The molecule has 0 heterocycles. The molecule has 0 aromatic rings. The fourth-order valence-electron chi connectivity index (χ4n) is 5.38. The molecule has 0 aliphatic carbocycles. The number of carbonyl (C=O) groups excluding carboxylic acids is 2. The summed E-state index contributed by atoms with van der Waals surface area (Å²) in [5.41, 5.74) is 0. The molecule has 51 heavy (non-hydrogen) atoms. The van der Waals surface area contributed by atoms with Crippen LogP contribution < -0.4 is 0 Å². The maximum atomic E-state index is 12.4. The Hall–Kier alpha value is -2.03.